The van der Waals surface area contributed by atoms with Crippen LogP contribution in [0.4, 0.5) is 0 Å². The lowest BCUT2D eigenvalue weighted by molar-refractivity contribution is 0.0489. The van der Waals surface area contributed by atoms with Crippen LogP contribution in [0.1, 0.15) is 44.4 Å². The zero-order valence-electron chi connectivity index (χ0n) is 12.6. The molecule has 20 heavy (non-hydrogen) atoms. The standard InChI is InChI=1S/C17H25NO2/c1-10-11(2)20-12(3)16(10)17(18)14-6-7-15-13(9-14)5-4-8-19-15/h6-7,9-12,16-17H,4-5,8,18H2,1-3H3. The van der Waals surface area contributed by atoms with E-state index >= 15 is 0 Å². The van der Waals surface area contributed by atoms with Gasteiger partial charge in [-0.25, -0.2) is 0 Å². The van der Waals surface area contributed by atoms with Crippen LogP contribution in [-0.4, -0.2) is 18.8 Å². The summed E-state index contributed by atoms with van der Waals surface area (Å²) >= 11 is 0. The molecule has 2 N–H and O–H groups in total. The average molecular weight is 275 g/mol. The fourth-order valence-corrected chi connectivity index (χ4v) is 3.72. The van der Waals surface area contributed by atoms with E-state index in [4.69, 9.17) is 15.2 Å². The third-order valence-corrected chi connectivity index (χ3v) is 5.05. The molecule has 3 nitrogen and oxygen atoms in total. The number of hydrogen-bond acceptors (Lipinski definition) is 3. The molecule has 0 aromatic heterocycles. The molecule has 2 aliphatic rings. The Morgan fingerprint density at radius 1 is 1.20 bits per heavy atom. The minimum Gasteiger partial charge on any atom is -0.493 e. The first kappa shape index (κ1) is 13.9. The smallest absolute Gasteiger partial charge is 0.122 e. The van der Waals surface area contributed by atoms with Crippen molar-refractivity contribution < 1.29 is 9.47 Å². The summed E-state index contributed by atoms with van der Waals surface area (Å²) in [4.78, 5) is 0. The summed E-state index contributed by atoms with van der Waals surface area (Å²) in [5.41, 5.74) is 9.08. The van der Waals surface area contributed by atoms with E-state index in [1.165, 1.54) is 11.1 Å². The van der Waals surface area contributed by atoms with Crippen LogP contribution in [0.25, 0.3) is 0 Å². The number of aryl methyl sites for hydroxylation is 1. The van der Waals surface area contributed by atoms with E-state index in [0.717, 1.165) is 25.2 Å². The number of benzene rings is 1. The summed E-state index contributed by atoms with van der Waals surface area (Å²) in [5, 5.41) is 0. The van der Waals surface area contributed by atoms with Crippen molar-refractivity contribution in [3.8, 4) is 5.75 Å². The maximum absolute atomic E-state index is 6.56. The lowest BCUT2D eigenvalue weighted by atomic mass is 9.80. The second-order valence-electron chi connectivity index (χ2n) is 6.33. The van der Waals surface area contributed by atoms with Crippen molar-refractivity contribution in [1.82, 2.24) is 0 Å². The summed E-state index contributed by atoms with van der Waals surface area (Å²) in [7, 11) is 0. The van der Waals surface area contributed by atoms with Crippen molar-refractivity contribution in [2.45, 2.75) is 51.9 Å². The summed E-state index contributed by atoms with van der Waals surface area (Å²) in [5.74, 6) is 1.91. The van der Waals surface area contributed by atoms with Gasteiger partial charge < -0.3 is 15.2 Å². The van der Waals surface area contributed by atoms with Crippen LogP contribution in [0, 0.1) is 11.8 Å². The number of nitrogens with two attached hydrogens (primary N) is 1. The molecule has 0 bridgehead atoms. The van der Waals surface area contributed by atoms with E-state index < -0.39 is 0 Å². The maximum Gasteiger partial charge on any atom is 0.122 e. The number of hydrogen-bond donors (Lipinski definition) is 1. The number of rotatable bonds is 2. The molecule has 5 atom stereocenters. The zero-order chi connectivity index (χ0) is 14.3. The monoisotopic (exact) mass is 275 g/mol. The molecule has 1 aromatic carbocycles. The average Bonchev–Trinajstić information content (AvgIpc) is 2.71. The summed E-state index contributed by atoms with van der Waals surface area (Å²) in [6, 6.07) is 6.48. The molecule has 3 heteroatoms. The second kappa shape index (κ2) is 5.38. The molecule has 1 saturated heterocycles. The molecular weight excluding hydrogens is 250 g/mol. The van der Waals surface area contributed by atoms with Crippen molar-refractivity contribution in [2.75, 3.05) is 6.61 Å². The fraction of sp³-hybridized carbons (Fsp3) is 0.647. The highest BCUT2D eigenvalue weighted by molar-refractivity contribution is 5.39. The SMILES string of the molecule is CC1OC(C)C(C(N)c2ccc3c(c2)CCCO3)C1C. The van der Waals surface area contributed by atoms with Crippen molar-refractivity contribution in [3.05, 3.63) is 29.3 Å². The van der Waals surface area contributed by atoms with Crippen molar-refractivity contribution in [3.63, 3.8) is 0 Å². The summed E-state index contributed by atoms with van der Waals surface area (Å²) in [6.45, 7) is 7.38. The van der Waals surface area contributed by atoms with E-state index in [1.54, 1.807) is 0 Å². The van der Waals surface area contributed by atoms with E-state index in [-0.39, 0.29) is 12.1 Å². The highest BCUT2D eigenvalue weighted by Gasteiger charge is 2.40. The van der Waals surface area contributed by atoms with Gasteiger partial charge in [0.15, 0.2) is 0 Å². The van der Waals surface area contributed by atoms with Crippen LogP contribution in [0.3, 0.4) is 0 Å². The molecule has 0 amide bonds. The van der Waals surface area contributed by atoms with Gasteiger partial charge in [-0.15, -0.1) is 0 Å². The fourth-order valence-electron chi connectivity index (χ4n) is 3.72. The molecule has 3 rings (SSSR count). The van der Waals surface area contributed by atoms with E-state index in [9.17, 15) is 0 Å². The Hall–Kier alpha value is -1.06. The van der Waals surface area contributed by atoms with Crippen LogP contribution < -0.4 is 10.5 Å². The van der Waals surface area contributed by atoms with Crippen LogP contribution >= 0.6 is 0 Å². The quantitative estimate of drug-likeness (QED) is 0.902. The first-order chi connectivity index (χ1) is 9.58. The Morgan fingerprint density at radius 2 is 2.00 bits per heavy atom. The Kier molecular flexibility index (Phi) is 3.74. The predicted molar refractivity (Wildman–Crippen MR) is 79.8 cm³/mol. The lowest BCUT2D eigenvalue weighted by Crippen LogP contribution is -2.30. The van der Waals surface area contributed by atoms with Crippen molar-refractivity contribution >= 4 is 0 Å². The van der Waals surface area contributed by atoms with Gasteiger partial charge in [0, 0.05) is 12.0 Å². The largest absolute Gasteiger partial charge is 0.493 e. The zero-order valence-corrected chi connectivity index (χ0v) is 12.6. The van der Waals surface area contributed by atoms with Crippen LogP contribution in [0.15, 0.2) is 18.2 Å². The third kappa shape index (κ3) is 2.33. The number of fused-ring (bicyclic) bond motifs is 1. The molecule has 2 heterocycles. The highest BCUT2D eigenvalue weighted by Crippen LogP contribution is 2.40. The molecule has 1 aromatic rings. The molecule has 0 spiro atoms. The second-order valence-corrected chi connectivity index (χ2v) is 6.33. The molecule has 0 aliphatic carbocycles. The van der Waals surface area contributed by atoms with Crippen molar-refractivity contribution in [2.24, 2.45) is 17.6 Å². The van der Waals surface area contributed by atoms with Gasteiger partial charge in [-0.05, 0) is 49.8 Å². The summed E-state index contributed by atoms with van der Waals surface area (Å²) < 4.78 is 11.6. The van der Waals surface area contributed by atoms with Crippen LogP contribution in [0.2, 0.25) is 0 Å². The molecule has 1 fully saturated rings. The Bertz CT molecular complexity index is 488. The summed E-state index contributed by atoms with van der Waals surface area (Å²) in [6.07, 6.45) is 2.71. The van der Waals surface area contributed by atoms with E-state index in [1.807, 2.05) is 0 Å². The van der Waals surface area contributed by atoms with Crippen molar-refractivity contribution in [1.29, 1.82) is 0 Å². The first-order valence-electron chi connectivity index (χ1n) is 7.74. The van der Waals surface area contributed by atoms with Gasteiger partial charge in [0.05, 0.1) is 18.8 Å². The Morgan fingerprint density at radius 3 is 2.70 bits per heavy atom. The van der Waals surface area contributed by atoms with Crippen LogP contribution in [-0.2, 0) is 11.2 Å². The lowest BCUT2D eigenvalue weighted by Gasteiger charge is -2.27. The first-order valence-corrected chi connectivity index (χ1v) is 7.74. The van der Waals surface area contributed by atoms with Crippen LogP contribution in [0.5, 0.6) is 5.75 Å². The van der Waals surface area contributed by atoms with Gasteiger partial charge in [0.1, 0.15) is 5.75 Å². The Balaban J connectivity index is 1.85. The number of ether oxygens (including phenoxy) is 2. The minimum absolute atomic E-state index is 0.0391. The molecule has 0 saturated carbocycles. The molecule has 110 valence electrons. The van der Waals surface area contributed by atoms with Gasteiger partial charge in [0.2, 0.25) is 0 Å². The molecule has 5 unspecified atom stereocenters. The normalized spacial score (nSPS) is 34.4. The highest BCUT2D eigenvalue weighted by atomic mass is 16.5. The predicted octanol–water partition coefficient (Wildman–Crippen LogP) is 3.07. The van der Waals surface area contributed by atoms with Gasteiger partial charge in [-0.3, -0.25) is 0 Å². The minimum atomic E-state index is 0.0391. The molecular formula is C17H25NO2. The van der Waals surface area contributed by atoms with Gasteiger partial charge in [-0.1, -0.05) is 19.1 Å². The Labute approximate surface area is 121 Å². The van der Waals surface area contributed by atoms with Gasteiger partial charge in [0.25, 0.3) is 0 Å². The molecule has 2 aliphatic heterocycles. The third-order valence-electron chi connectivity index (χ3n) is 5.05. The maximum atomic E-state index is 6.56. The van der Waals surface area contributed by atoms with E-state index in [2.05, 4.69) is 39.0 Å². The van der Waals surface area contributed by atoms with E-state index in [0.29, 0.717) is 17.9 Å². The van der Waals surface area contributed by atoms with Gasteiger partial charge in [-0.2, -0.15) is 0 Å². The van der Waals surface area contributed by atoms with Gasteiger partial charge >= 0.3 is 0 Å². The molecule has 0 radical (unpaired) electrons. The topological polar surface area (TPSA) is 44.5 Å².